The van der Waals surface area contributed by atoms with E-state index < -0.39 is 5.97 Å². The van der Waals surface area contributed by atoms with Crippen LogP contribution >= 0.6 is 34.4 Å². The molecule has 84 valence electrons. The molecule has 0 bridgehead atoms. The molecule has 1 N–H and O–H groups in total. The van der Waals surface area contributed by atoms with Crippen LogP contribution in [-0.4, -0.2) is 21.0 Å². The van der Waals surface area contributed by atoms with Gasteiger partial charge < -0.3 is 5.11 Å². The molecule has 0 aliphatic heterocycles. The molecule has 0 amide bonds. The normalized spacial score (nSPS) is 10.5. The average Bonchev–Trinajstić information content (AvgIpc) is 2.84. The SMILES string of the molecule is O=C(O)Cc1csc(SCc2nccs2)n1. The summed E-state index contributed by atoms with van der Waals surface area (Å²) in [6.07, 6.45) is 1.77. The van der Waals surface area contributed by atoms with Crippen LogP contribution in [-0.2, 0) is 17.0 Å². The number of carbonyl (C=O) groups is 1. The Labute approximate surface area is 104 Å². The Morgan fingerprint density at radius 1 is 1.50 bits per heavy atom. The van der Waals surface area contributed by atoms with Crippen LogP contribution in [0.3, 0.4) is 0 Å². The minimum Gasteiger partial charge on any atom is -0.481 e. The van der Waals surface area contributed by atoms with Gasteiger partial charge in [-0.2, -0.15) is 0 Å². The van der Waals surface area contributed by atoms with E-state index in [0.717, 1.165) is 15.1 Å². The summed E-state index contributed by atoms with van der Waals surface area (Å²) in [5, 5.41) is 13.4. The summed E-state index contributed by atoms with van der Waals surface area (Å²) in [5.41, 5.74) is 0.624. The third-order valence-electron chi connectivity index (χ3n) is 1.67. The second kappa shape index (κ2) is 5.42. The van der Waals surface area contributed by atoms with E-state index >= 15 is 0 Å². The maximum absolute atomic E-state index is 10.5. The van der Waals surface area contributed by atoms with Gasteiger partial charge in [-0.3, -0.25) is 4.79 Å². The Morgan fingerprint density at radius 3 is 3.06 bits per heavy atom. The first-order valence-electron chi connectivity index (χ1n) is 4.41. The molecular weight excluding hydrogens is 264 g/mol. The van der Waals surface area contributed by atoms with Gasteiger partial charge in [0.25, 0.3) is 0 Å². The Bertz CT molecular complexity index is 467. The molecule has 2 heterocycles. The molecule has 0 saturated carbocycles. The fourth-order valence-corrected chi connectivity index (χ4v) is 3.53. The lowest BCUT2D eigenvalue weighted by atomic mass is 10.3. The molecule has 0 aliphatic carbocycles. The molecule has 2 aromatic rings. The summed E-state index contributed by atoms with van der Waals surface area (Å²) in [5.74, 6) is -0.0562. The van der Waals surface area contributed by atoms with Gasteiger partial charge in [0.15, 0.2) is 4.34 Å². The Balaban J connectivity index is 1.90. The zero-order chi connectivity index (χ0) is 11.4. The van der Waals surface area contributed by atoms with E-state index in [-0.39, 0.29) is 6.42 Å². The largest absolute Gasteiger partial charge is 0.481 e. The Hall–Kier alpha value is -0.920. The second-order valence-corrected chi connectivity index (χ2v) is 5.95. The van der Waals surface area contributed by atoms with Crippen molar-refractivity contribution < 1.29 is 9.90 Å². The lowest BCUT2D eigenvalue weighted by Gasteiger charge is -1.92. The van der Waals surface area contributed by atoms with Crippen LogP contribution in [0, 0.1) is 0 Å². The van der Waals surface area contributed by atoms with E-state index in [1.807, 2.05) is 5.38 Å². The maximum Gasteiger partial charge on any atom is 0.309 e. The molecule has 2 rings (SSSR count). The lowest BCUT2D eigenvalue weighted by molar-refractivity contribution is -0.136. The number of nitrogens with zero attached hydrogens (tertiary/aromatic N) is 2. The minimum absolute atomic E-state index is 0.00564. The third kappa shape index (κ3) is 3.29. The van der Waals surface area contributed by atoms with E-state index in [0.29, 0.717) is 5.69 Å². The zero-order valence-corrected chi connectivity index (χ0v) is 10.6. The molecule has 7 heteroatoms. The topological polar surface area (TPSA) is 63.1 Å². The van der Waals surface area contributed by atoms with Gasteiger partial charge in [0.1, 0.15) is 5.01 Å². The van der Waals surface area contributed by atoms with Gasteiger partial charge in [0, 0.05) is 17.0 Å². The van der Waals surface area contributed by atoms with E-state index in [1.165, 1.54) is 11.3 Å². The van der Waals surface area contributed by atoms with Crippen LogP contribution in [0.1, 0.15) is 10.7 Å². The molecule has 2 aromatic heterocycles. The Kier molecular flexibility index (Phi) is 3.92. The molecule has 0 unspecified atom stereocenters. The fourth-order valence-electron chi connectivity index (χ4n) is 1.04. The van der Waals surface area contributed by atoms with Gasteiger partial charge in [0.05, 0.1) is 17.9 Å². The van der Waals surface area contributed by atoms with Crippen LogP contribution in [0.5, 0.6) is 0 Å². The molecule has 0 spiro atoms. The van der Waals surface area contributed by atoms with Crippen molar-refractivity contribution in [3.63, 3.8) is 0 Å². The van der Waals surface area contributed by atoms with Gasteiger partial charge in [-0.25, -0.2) is 9.97 Å². The van der Waals surface area contributed by atoms with Crippen molar-refractivity contribution in [3.8, 4) is 0 Å². The summed E-state index contributed by atoms with van der Waals surface area (Å²) in [6.45, 7) is 0. The van der Waals surface area contributed by atoms with Crippen molar-refractivity contribution in [1.82, 2.24) is 9.97 Å². The minimum atomic E-state index is -0.846. The second-order valence-electron chi connectivity index (χ2n) is 2.89. The molecule has 4 nitrogen and oxygen atoms in total. The van der Waals surface area contributed by atoms with Crippen LogP contribution in [0.15, 0.2) is 21.3 Å². The smallest absolute Gasteiger partial charge is 0.309 e. The Morgan fingerprint density at radius 2 is 2.38 bits per heavy atom. The quantitative estimate of drug-likeness (QED) is 0.847. The van der Waals surface area contributed by atoms with Gasteiger partial charge in [-0.1, -0.05) is 11.8 Å². The molecule has 16 heavy (non-hydrogen) atoms. The lowest BCUT2D eigenvalue weighted by Crippen LogP contribution is -1.99. The van der Waals surface area contributed by atoms with Gasteiger partial charge in [-0.15, -0.1) is 22.7 Å². The number of carboxylic acid groups (broad SMARTS) is 1. The van der Waals surface area contributed by atoms with Crippen molar-refractivity contribution in [2.45, 2.75) is 16.5 Å². The number of thiazole rings is 2. The molecule has 0 fully saturated rings. The first-order valence-corrected chi connectivity index (χ1v) is 7.16. The van der Waals surface area contributed by atoms with E-state index in [4.69, 9.17) is 5.11 Å². The monoisotopic (exact) mass is 272 g/mol. The highest BCUT2D eigenvalue weighted by atomic mass is 32.2. The van der Waals surface area contributed by atoms with Crippen molar-refractivity contribution in [2.24, 2.45) is 0 Å². The predicted molar refractivity (Wildman–Crippen MR) is 65.1 cm³/mol. The standard InChI is InChI=1S/C9H8N2O2S3/c12-8(13)3-6-4-15-9(11-6)16-5-7-10-1-2-14-7/h1-2,4H,3,5H2,(H,12,13). The number of hydrogen-bond acceptors (Lipinski definition) is 6. The van der Waals surface area contributed by atoms with E-state index in [1.54, 1.807) is 34.7 Å². The highest BCUT2D eigenvalue weighted by Crippen LogP contribution is 2.26. The summed E-state index contributed by atoms with van der Waals surface area (Å²) < 4.78 is 0.895. The third-order valence-corrected chi connectivity index (χ3v) is 4.71. The highest BCUT2D eigenvalue weighted by molar-refractivity contribution is 8.00. The number of hydrogen-bond donors (Lipinski definition) is 1. The fraction of sp³-hybridized carbons (Fsp3) is 0.222. The first-order chi connectivity index (χ1) is 7.74. The average molecular weight is 272 g/mol. The van der Waals surface area contributed by atoms with Crippen molar-refractivity contribution in [2.75, 3.05) is 0 Å². The molecule has 0 atom stereocenters. The van der Waals surface area contributed by atoms with E-state index in [2.05, 4.69) is 9.97 Å². The van der Waals surface area contributed by atoms with Gasteiger partial charge >= 0.3 is 5.97 Å². The first kappa shape index (κ1) is 11.6. The molecule has 0 aliphatic rings. The number of rotatable bonds is 5. The summed E-state index contributed by atoms with van der Waals surface area (Å²) in [6, 6.07) is 0. The number of carboxylic acids is 1. The molecule has 0 radical (unpaired) electrons. The highest BCUT2D eigenvalue weighted by Gasteiger charge is 2.07. The number of aromatic nitrogens is 2. The van der Waals surface area contributed by atoms with Crippen molar-refractivity contribution in [3.05, 3.63) is 27.7 Å². The maximum atomic E-state index is 10.5. The van der Waals surface area contributed by atoms with Crippen molar-refractivity contribution >= 4 is 40.4 Å². The number of thioether (sulfide) groups is 1. The van der Waals surface area contributed by atoms with Crippen molar-refractivity contribution in [1.29, 1.82) is 0 Å². The van der Waals surface area contributed by atoms with Crippen LogP contribution in [0.25, 0.3) is 0 Å². The summed E-state index contributed by atoms with van der Waals surface area (Å²) in [4.78, 5) is 18.9. The van der Waals surface area contributed by atoms with Crippen LogP contribution in [0.4, 0.5) is 0 Å². The zero-order valence-electron chi connectivity index (χ0n) is 8.12. The molecule has 0 aromatic carbocycles. The predicted octanol–water partition coefficient (Wildman–Crippen LogP) is 2.52. The molecular formula is C9H8N2O2S3. The van der Waals surface area contributed by atoms with Gasteiger partial charge in [0.2, 0.25) is 0 Å². The van der Waals surface area contributed by atoms with E-state index in [9.17, 15) is 4.79 Å². The molecule has 0 saturated heterocycles. The van der Waals surface area contributed by atoms with Gasteiger partial charge in [-0.05, 0) is 0 Å². The number of aliphatic carboxylic acids is 1. The summed E-state index contributed by atoms with van der Waals surface area (Å²) >= 11 is 4.68. The summed E-state index contributed by atoms with van der Waals surface area (Å²) in [7, 11) is 0. The van der Waals surface area contributed by atoms with Crippen LogP contribution in [0.2, 0.25) is 0 Å². The van der Waals surface area contributed by atoms with Crippen LogP contribution < -0.4 is 0 Å².